The van der Waals surface area contributed by atoms with Crippen LogP contribution in [-0.2, 0) is 0 Å². The van der Waals surface area contributed by atoms with E-state index in [1.807, 2.05) is 36.4 Å². The van der Waals surface area contributed by atoms with Crippen molar-refractivity contribution in [3.63, 3.8) is 0 Å². The smallest absolute Gasteiger partial charge is 0.159 e. The molecule has 1 aromatic heterocycles. The minimum Gasteiger partial charge on any atom is -0.295 e. The maximum atomic E-state index is 11.4. The molecule has 0 atom stereocenters. The van der Waals surface area contributed by atoms with Crippen molar-refractivity contribution in [1.29, 1.82) is 0 Å². The summed E-state index contributed by atoms with van der Waals surface area (Å²) in [5.41, 5.74) is 3.82. The molecule has 3 aromatic rings. The van der Waals surface area contributed by atoms with Gasteiger partial charge in [-0.05, 0) is 36.2 Å². The number of rotatable bonds is 2. The topological polar surface area (TPSA) is 30.0 Å². The molecule has 0 radical (unpaired) electrons. The maximum absolute atomic E-state index is 11.4. The number of hydrogen-bond acceptors (Lipinski definition) is 2. The van der Waals surface area contributed by atoms with Crippen molar-refractivity contribution in [2.45, 2.75) is 6.92 Å². The maximum Gasteiger partial charge on any atom is 0.159 e. The summed E-state index contributed by atoms with van der Waals surface area (Å²) in [5.74, 6) is 0.0840. The van der Waals surface area contributed by atoms with Crippen LogP contribution < -0.4 is 0 Å². The Labute approximate surface area is 111 Å². The number of hydrogen-bond donors (Lipinski definition) is 0. The average Bonchev–Trinajstić information content (AvgIpc) is 2.47. The molecule has 2 aromatic carbocycles. The fourth-order valence-electron chi connectivity index (χ4n) is 2.16. The van der Waals surface area contributed by atoms with E-state index >= 15 is 0 Å². The van der Waals surface area contributed by atoms with Crippen LogP contribution in [0.3, 0.4) is 0 Å². The lowest BCUT2D eigenvalue weighted by Crippen LogP contribution is -1.91. The summed E-state index contributed by atoms with van der Waals surface area (Å²) >= 11 is 0. The first-order chi connectivity index (χ1) is 9.24. The van der Waals surface area contributed by atoms with Gasteiger partial charge in [0.2, 0.25) is 0 Å². The van der Waals surface area contributed by atoms with Crippen molar-refractivity contribution in [3.8, 4) is 11.1 Å². The normalized spacial score (nSPS) is 10.6. The summed E-state index contributed by atoms with van der Waals surface area (Å²) in [5, 5.41) is 1.12. The second-order valence-corrected chi connectivity index (χ2v) is 4.55. The number of carbonyl (C=O) groups is 1. The number of fused-ring (bicyclic) bond motifs is 1. The molecule has 0 unspecified atom stereocenters. The third-order valence-electron chi connectivity index (χ3n) is 3.21. The monoisotopic (exact) mass is 247 g/mol. The van der Waals surface area contributed by atoms with E-state index in [1.54, 1.807) is 13.1 Å². The van der Waals surface area contributed by atoms with Crippen LogP contribution in [0.15, 0.2) is 60.8 Å². The SMILES string of the molecule is CC(=O)c1cccc(-c2ccc3cccnc3c2)c1. The van der Waals surface area contributed by atoms with Crippen LogP contribution in [0.2, 0.25) is 0 Å². The Bertz CT molecular complexity index is 762. The number of aromatic nitrogens is 1. The van der Waals surface area contributed by atoms with Gasteiger partial charge in [-0.15, -0.1) is 0 Å². The van der Waals surface area contributed by atoms with Crippen LogP contribution in [0.5, 0.6) is 0 Å². The highest BCUT2D eigenvalue weighted by Gasteiger charge is 2.03. The molecule has 0 aliphatic heterocycles. The van der Waals surface area contributed by atoms with E-state index < -0.39 is 0 Å². The lowest BCUT2D eigenvalue weighted by Gasteiger charge is -2.05. The van der Waals surface area contributed by atoms with Gasteiger partial charge in [0, 0.05) is 17.1 Å². The fourth-order valence-corrected chi connectivity index (χ4v) is 2.16. The quantitative estimate of drug-likeness (QED) is 0.638. The van der Waals surface area contributed by atoms with Gasteiger partial charge in [-0.25, -0.2) is 0 Å². The number of carbonyl (C=O) groups excluding carboxylic acids is 1. The highest BCUT2D eigenvalue weighted by molar-refractivity contribution is 5.95. The van der Waals surface area contributed by atoms with E-state index in [9.17, 15) is 4.79 Å². The Balaban J connectivity index is 2.13. The Morgan fingerprint density at radius 2 is 1.79 bits per heavy atom. The van der Waals surface area contributed by atoms with Gasteiger partial charge in [0.1, 0.15) is 0 Å². The molecule has 3 rings (SSSR count). The first-order valence-electron chi connectivity index (χ1n) is 6.20. The summed E-state index contributed by atoms with van der Waals surface area (Å²) in [4.78, 5) is 15.8. The molecule has 0 aliphatic rings. The molecule has 0 bridgehead atoms. The number of nitrogens with zero attached hydrogens (tertiary/aromatic N) is 1. The molecular formula is C17H13NO. The van der Waals surface area contributed by atoms with E-state index in [1.165, 1.54) is 0 Å². The molecular weight excluding hydrogens is 234 g/mol. The molecule has 1 heterocycles. The van der Waals surface area contributed by atoms with E-state index in [2.05, 4.69) is 23.2 Å². The van der Waals surface area contributed by atoms with Crippen LogP contribution in [0.4, 0.5) is 0 Å². The zero-order valence-electron chi connectivity index (χ0n) is 10.6. The standard InChI is InChI=1S/C17H13NO/c1-12(19)14-4-2-5-15(10-14)16-8-7-13-6-3-9-18-17(13)11-16/h2-11H,1H3. The highest BCUT2D eigenvalue weighted by atomic mass is 16.1. The molecule has 19 heavy (non-hydrogen) atoms. The Morgan fingerprint density at radius 3 is 2.63 bits per heavy atom. The second-order valence-electron chi connectivity index (χ2n) is 4.55. The Hall–Kier alpha value is -2.48. The number of ketones is 1. The van der Waals surface area contributed by atoms with Crippen LogP contribution >= 0.6 is 0 Å². The summed E-state index contributed by atoms with van der Waals surface area (Å²) in [6.45, 7) is 1.58. The van der Waals surface area contributed by atoms with Crippen LogP contribution in [0, 0.1) is 0 Å². The molecule has 0 aliphatic carbocycles. The van der Waals surface area contributed by atoms with Gasteiger partial charge < -0.3 is 0 Å². The molecule has 0 N–H and O–H groups in total. The number of Topliss-reactive ketones (excluding diaryl/α,β-unsaturated/α-hetero) is 1. The van der Waals surface area contributed by atoms with Crippen LogP contribution in [0.25, 0.3) is 22.0 Å². The summed E-state index contributed by atoms with van der Waals surface area (Å²) in [6.07, 6.45) is 1.79. The zero-order valence-corrected chi connectivity index (χ0v) is 10.6. The van der Waals surface area contributed by atoms with E-state index in [4.69, 9.17) is 0 Å². The molecule has 0 saturated heterocycles. The lowest BCUT2D eigenvalue weighted by atomic mass is 10.0. The predicted molar refractivity (Wildman–Crippen MR) is 77.2 cm³/mol. The number of benzene rings is 2. The van der Waals surface area contributed by atoms with Crippen LogP contribution in [0.1, 0.15) is 17.3 Å². The molecule has 2 heteroatoms. The van der Waals surface area contributed by atoms with E-state index in [0.717, 1.165) is 27.6 Å². The molecule has 2 nitrogen and oxygen atoms in total. The first kappa shape index (κ1) is 11.6. The van der Waals surface area contributed by atoms with E-state index in [0.29, 0.717) is 0 Å². The second kappa shape index (κ2) is 4.65. The average molecular weight is 247 g/mol. The molecule has 92 valence electrons. The molecule has 0 fully saturated rings. The Morgan fingerprint density at radius 1 is 0.947 bits per heavy atom. The van der Waals surface area contributed by atoms with Gasteiger partial charge in [0.25, 0.3) is 0 Å². The minimum absolute atomic E-state index is 0.0840. The summed E-state index contributed by atoms with van der Waals surface area (Å²) < 4.78 is 0. The Kier molecular flexibility index (Phi) is 2.84. The number of pyridine rings is 1. The molecule has 0 spiro atoms. The summed E-state index contributed by atoms with van der Waals surface area (Å²) in [7, 11) is 0. The summed E-state index contributed by atoms with van der Waals surface area (Å²) in [6, 6.07) is 17.8. The van der Waals surface area contributed by atoms with Crippen molar-refractivity contribution in [1.82, 2.24) is 4.98 Å². The molecule has 0 amide bonds. The fraction of sp³-hybridized carbons (Fsp3) is 0.0588. The van der Waals surface area contributed by atoms with Gasteiger partial charge in [0.05, 0.1) is 5.52 Å². The third kappa shape index (κ3) is 2.25. The van der Waals surface area contributed by atoms with E-state index in [-0.39, 0.29) is 5.78 Å². The van der Waals surface area contributed by atoms with Gasteiger partial charge in [0.15, 0.2) is 5.78 Å². The highest BCUT2D eigenvalue weighted by Crippen LogP contribution is 2.24. The van der Waals surface area contributed by atoms with Crippen LogP contribution in [-0.4, -0.2) is 10.8 Å². The molecule has 0 saturated carbocycles. The van der Waals surface area contributed by atoms with Gasteiger partial charge in [-0.3, -0.25) is 9.78 Å². The first-order valence-corrected chi connectivity index (χ1v) is 6.20. The van der Waals surface area contributed by atoms with Gasteiger partial charge in [-0.1, -0.05) is 36.4 Å². The third-order valence-corrected chi connectivity index (χ3v) is 3.21. The van der Waals surface area contributed by atoms with Crippen molar-refractivity contribution in [2.75, 3.05) is 0 Å². The van der Waals surface area contributed by atoms with Gasteiger partial charge >= 0.3 is 0 Å². The lowest BCUT2D eigenvalue weighted by molar-refractivity contribution is 0.101. The van der Waals surface area contributed by atoms with Crippen molar-refractivity contribution in [2.24, 2.45) is 0 Å². The van der Waals surface area contributed by atoms with Crippen molar-refractivity contribution >= 4 is 16.7 Å². The van der Waals surface area contributed by atoms with Gasteiger partial charge in [-0.2, -0.15) is 0 Å². The zero-order chi connectivity index (χ0) is 13.2. The minimum atomic E-state index is 0.0840. The largest absolute Gasteiger partial charge is 0.295 e. The van der Waals surface area contributed by atoms with Crippen molar-refractivity contribution < 1.29 is 4.79 Å². The predicted octanol–water partition coefficient (Wildman–Crippen LogP) is 4.10. The van der Waals surface area contributed by atoms with Crippen molar-refractivity contribution in [3.05, 3.63) is 66.4 Å².